The van der Waals surface area contributed by atoms with Crippen LogP contribution in [0.2, 0.25) is 0 Å². The van der Waals surface area contributed by atoms with Crippen LogP contribution in [0.15, 0.2) is 18.2 Å². The van der Waals surface area contributed by atoms with Gasteiger partial charge in [-0.15, -0.1) is 0 Å². The third kappa shape index (κ3) is 3.23. The van der Waals surface area contributed by atoms with E-state index in [9.17, 15) is 18.0 Å². The molecule has 110 valence electrons. The predicted molar refractivity (Wildman–Crippen MR) is 70.6 cm³/mol. The molecule has 1 saturated carbocycles. The molecule has 1 aromatic carbocycles. The van der Waals surface area contributed by atoms with Crippen molar-refractivity contribution in [3.05, 3.63) is 29.3 Å². The number of halogens is 3. The fourth-order valence-corrected chi connectivity index (χ4v) is 2.15. The van der Waals surface area contributed by atoms with Gasteiger partial charge in [-0.1, -0.05) is 6.92 Å². The van der Waals surface area contributed by atoms with Gasteiger partial charge in [0.05, 0.1) is 5.56 Å². The molecule has 1 aliphatic rings. The molecule has 0 heterocycles. The van der Waals surface area contributed by atoms with Crippen LogP contribution in [0.25, 0.3) is 0 Å². The first-order valence-corrected chi connectivity index (χ1v) is 6.50. The van der Waals surface area contributed by atoms with Gasteiger partial charge in [0.1, 0.15) is 0 Å². The van der Waals surface area contributed by atoms with Crippen LogP contribution in [0, 0.1) is 11.8 Å². The molecule has 0 radical (unpaired) electrons. The molecule has 2 atom stereocenters. The number of anilines is 1. The first kappa shape index (κ1) is 14.7. The molecule has 1 aromatic rings. The van der Waals surface area contributed by atoms with Gasteiger partial charge in [-0.2, -0.15) is 13.2 Å². The van der Waals surface area contributed by atoms with Crippen LogP contribution >= 0.6 is 0 Å². The maximum absolute atomic E-state index is 12.9. The van der Waals surface area contributed by atoms with Crippen LogP contribution in [0.1, 0.15) is 29.3 Å². The summed E-state index contributed by atoms with van der Waals surface area (Å²) in [6.45, 7) is 2.61. The molecule has 3 nitrogen and oxygen atoms in total. The van der Waals surface area contributed by atoms with Crippen LogP contribution in [-0.2, 0) is 6.18 Å². The molecule has 0 spiro atoms. The number of amides is 1. The van der Waals surface area contributed by atoms with E-state index in [4.69, 9.17) is 0 Å². The lowest BCUT2D eigenvalue weighted by Gasteiger charge is -2.14. The van der Waals surface area contributed by atoms with Crippen LogP contribution in [0.3, 0.4) is 0 Å². The fourth-order valence-electron chi connectivity index (χ4n) is 2.15. The SMILES string of the molecule is CNc1ccc(C(=O)NCC2CC2C)cc1C(F)(F)F. The quantitative estimate of drug-likeness (QED) is 0.893. The van der Waals surface area contributed by atoms with Gasteiger partial charge in [-0.05, 0) is 36.5 Å². The van der Waals surface area contributed by atoms with E-state index < -0.39 is 17.6 Å². The summed E-state index contributed by atoms with van der Waals surface area (Å²) in [7, 11) is 1.42. The Balaban J connectivity index is 2.13. The van der Waals surface area contributed by atoms with E-state index in [-0.39, 0.29) is 11.3 Å². The van der Waals surface area contributed by atoms with Crippen LogP contribution in [-0.4, -0.2) is 19.5 Å². The second-order valence-electron chi connectivity index (χ2n) is 5.19. The van der Waals surface area contributed by atoms with Crippen molar-refractivity contribution in [3.8, 4) is 0 Å². The zero-order chi connectivity index (χ0) is 14.9. The van der Waals surface area contributed by atoms with Crippen LogP contribution in [0.5, 0.6) is 0 Å². The van der Waals surface area contributed by atoms with Gasteiger partial charge in [0.15, 0.2) is 0 Å². The standard InChI is InChI=1S/C14H17F3N2O/c1-8-5-10(8)7-19-13(20)9-3-4-12(18-2)11(6-9)14(15,16)17/h3-4,6,8,10,18H,5,7H2,1-2H3,(H,19,20). The summed E-state index contributed by atoms with van der Waals surface area (Å²) in [5.74, 6) is 0.586. The molecule has 20 heavy (non-hydrogen) atoms. The van der Waals surface area contributed by atoms with Crippen molar-refractivity contribution in [1.29, 1.82) is 0 Å². The van der Waals surface area contributed by atoms with E-state index in [0.29, 0.717) is 18.4 Å². The minimum Gasteiger partial charge on any atom is -0.388 e. The lowest BCUT2D eigenvalue weighted by atomic mass is 10.1. The molecule has 0 bridgehead atoms. The second kappa shape index (κ2) is 5.34. The number of hydrogen-bond donors (Lipinski definition) is 2. The van der Waals surface area contributed by atoms with Gasteiger partial charge in [0.2, 0.25) is 0 Å². The monoisotopic (exact) mass is 286 g/mol. The van der Waals surface area contributed by atoms with Crippen molar-refractivity contribution in [2.45, 2.75) is 19.5 Å². The molecule has 1 fully saturated rings. The van der Waals surface area contributed by atoms with E-state index in [0.717, 1.165) is 12.5 Å². The Bertz CT molecular complexity index is 514. The van der Waals surface area contributed by atoms with Crippen LogP contribution in [0.4, 0.5) is 18.9 Å². The lowest BCUT2D eigenvalue weighted by molar-refractivity contribution is -0.136. The Morgan fingerprint density at radius 3 is 2.55 bits per heavy atom. The first-order valence-electron chi connectivity index (χ1n) is 6.50. The van der Waals surface area contributed by atoms with E-state index >= 15 is 0 Å². The molecule has 2 N–H and O–H groups in total. The van der Waals surface area contributed by atoms with Crippen molar-refractivity contribution in [2.24, 2.45) is 11.8 Å². The van der Waals surface area contributed by atoms with E-state index in [2.05, 4.69) is 17.6 Å². The third-order valence-electron chi connectivity index (χ3n) is 3.66. The Morgan fingerprint density at radius 2 is 2.05 bits per heavy atom. The Labute approximate surface area is 115 Å². The number of alkyl halides is 3. The highest BCUT2D eigenvalue weighted by Crippen LogP contribution is 2.37. The minimum atomic E-state index is -4.49. The molecule has 2 unspecified atom stereocenters. The average molecular weight is 286 g/mol. The number of carbonyl (C=O) groups excluding carboxylic acids is 1. The van der Waals surface area contributed by atoms with Crippen molar-refractivity contribution >= 4 is 11.6 Å². The van der Waals surface area contributed by atoms with E-state index in [1.54, 1.807) is 0 Å². The molecule has 6 heteroatoms. The molecule has 0 aromatic heterocycles. The third-order valence-corrected chi connectivity index (χ3v) is 3.66. The van der Waals surface area contributed by atoms with E-state index in [1.807, 2.05) is 0 Å². The Hall–Kier alpha value is -1.72. The highest BCUT2D eigenvalue weighted by atomic mass is 19.4. The first-order chi connectivity index (χ1) is 9.32. The molecule has 0 aliphatic heterocycles. The topological polar surface area (TPSA) is 41.1 Å². The maximum Gasteiger partial charge on any atom is 0.418 e. The lowest BCUT2D eigenvalue weighted by Crippen LogP contribution is -2.26. The van der Waals surface area contributed by atoms with Crippen molar-refractivity contribution in [1.82, 2.24) is 5.32 Å². The van der Waals surface area contributed by atoms with Gasteiger partial charge < -0.3 is 10.6 Å². The average Bonchev–Trinajstić information content (AvgIpc) is 3.10. The van der Waals surface area contributed by atoms with Gasteiger partial charge in [0, 0.05) is 24.8 Å². The summed E-state index contributed by atoms with van der Waals surface area (Å²) in [6, 6.07) is 3.56. The zero-order valence-electron chi connectivity index (χ0n) is 11.3. The molecule has 1 aliphatic carbocycles. The molecule has 2 rings (SSSR count). The van der Waals surface area contributed by atoms with Crippen molar-refractivity contribution < 1.29 is 18.0 Å². The molecular formula is C14H17F3N2O. The fraction of sp³-hybridized carbons (Fsp3) is 0.500. The summed E-state index contributed by atoms with van der Waals surface area (Å²) in [4.78, 5) is 11.9. The molecule has 0 saturated heterocycles. The summed E-state index contributed by atoms with van der Waals surface area (Å²) in [5, 5.41) is 5.16. The predicted octanol–water partition coefficient (Wildman–Crippen LogP) is 3.13. The largest absolute Gasteiger partial charge is 0.418 e. The van der Waals surface area contributed by atoms with Gasteiger partial charge in [0.25, 0.3) is 5.91 Å². The Morgan fingerprint density at radius 1 is 1.40 bits per heavy atom. The van der Waals surface area contributed by atoms with Crippen molar-refractivity contribution in [3.63, 3.8) is 0 Å². The zero-order valence-corrected chi connectivity index (χ0v) is 11.3. The second-order valence-corrected chi connectivity index (χ2v) is 5.19. The number of hydrogen-bond acceptors (Lipinski definition) is 2. The smallest absolute Gasteiger partial charge is 0.388 e. The van der Waals surface area contributed by atoms with Gasteiger partial charge >= 0.3 is 6.18 Å². The van der Waals surface area contributed by atoms with Gasteiger partial charge in [-0.3, -0.25) is 4.79 Å². The number of benzene rings is 1. The van der Waals surface area contributed by atoms with Gasteiger partial charge in [-0.25, -0.2) is 0 Å². The summed E-state index contributed by atoms with van der Waals surface area (Å²) >= 11 is 0. The highest BCUT2D eigenvalue weighted by Gasteiger charge is 2.35. The van der Waals surface area contributed by atoms with Crippen molar-refractivity contribution in [2.75, 3.05) is 18.9 Å². The number of carbonyl (C=O) groups is 1. The maximum atomic E-state index is 12.9. The normalized spacial score (nSPS) is 21.4. The molecular weight excluding hydrogens is 269 g/mol. The number of rotatable bonds is 4. The highest BCUT2D eigenvalue weighted by molar-refractivity contribution is 5.95. The minimum absolute atomic E-state index is 0.0321. The number of nitrogens with one attached hydrogen (secondary N) is 2. The van der Waals surface area contributed by atoms with Crippen LogP contribution < -0.4 is 10.6 Å². The molecule has 1 amide bonds. The Kier molecular flexibility index (Phi) is 3.92. The summed E-state index contributed by atoms with van der Waals surface area (Å²) in [5.41, 5.74) is -0.832. The van der Waals surface area contributed by atoms with E-state index in [1.165, 1.54) is 19.2 Å². The summed E-state index contributed by atoms with van der Waals surface area (Å²) < 4.78 is 38.6. The summed E-state index contributed by atoms with van der Waals surface area (Å²) in [6.07, 6.45) is -3.42.